The Balaban J connectivity index is 3.71. The van der Waals surface area contributed by atoms with Crippen LogP contribution in [0, 0.1) is 11.3 Å². The summed E-state index contributed by atoms with van der Waals surface area (Å²) in [6, 6.07) is 1.87. The maximum atomic E-state index is 10.4. The molecule has 0 aromatic heterocycles. The van der Waals surface area contributed by atoms with E-state index < -0.39 is 8.03 Å². The van der Waals surface area contributed by atoms with Gasteiger partial charge in [0.25, 0.3) is 0 Å². The quantitative estimate of drug-likeness (QED) is 0.609. The van der Waals surface area contributed by atoms with Gasteiger partial charge in [-0.2, -0.15) is 5.26 Å². The Morgan fingerprint density at radius 2 is 2.44 bits per heavy atom. The molecule has 0 aliphatic rings. The van der Waals surface area contributed by atoms with Gasteiger partial charge in [0.2, 0.25) is 0 Å². The lowest BCUT2D eigenvalue weighted by molar-refractivity contribution is 0.486. The molecule has 0 aliphatic heterocycles. The Morgan fingerprint density at radius 3 is 2.56 bits per heavy atom. The predicted octanol–water partition coefficient (Wildman–Crippen LogP) is 1.15. The first-order valence-electron chi connectivity index (χ1n) is 2.82. The van der Waals surface area contributed by atoms with Crippen molar-refractivity contribution in [3.05, 3.63) is 0 Å². The molecular formula is C5H10NO2P. The van der Waals surface area contributed by atoms with Crippen LogP contribution < -0.4 is 0 Å². The molecule has 1 N–H and O–H groups in total. The normalized spacial score (nSPS) is 16.1. The van der Waals surface area contributed by atoms with E-state index in [1.165, 1.54) is 0 Å². The number of rotatable bonds is 3. The van der Waals surface area contributed by atoms with Crippen molar-refractivity contribution < 1.29 is 9.46 Å². The van der Waals surface area contributed by atoms with E-state index in [1.54, 1.807) is 6.92 Å². The van der Waals surface area contributed by atoms with Gasteiger partial charge in [-0.25, -0.2) is 0 Å². The van der Waals surface area contributed by atoms with Crippen molar-refractivity contribution in [3.8, 4) is 6.07 Å². The third-order valence-electron chi connectivity index (χ3n) is 1.18. The van der Waals surface area contributed by atoms with Gasteiger partial charge in [-0.15, -0.1) is 0 Å². The number of hydrogen-bond donors (Lipinski definition) is 1. The van der Waals surface area contributed by atoms with Gasteiger partial charge in [-0.1, -0.05) is 6.92 Å². The van der Waals surface area contributed by atoms with E-state index in [1.807, 2.05) is 6.07 Å². The average molecular weight is 147 g/mol. The van der Waals surface area contributed by atoms with Crippen LogP contribution in [0.15, 0.2) is 0 Å². The van der Waals surface area contributed by atoms with Crippen LogP contribution in [-0.4, -0.2) is 10.6 Å². The molecule has 0 radical (unpaired) electrons. The zero-order valence-electron chi connectivity index (χ0n) is 5.29. The Morgan fingerprint density at radius 1 is 1.89 bits per heavy atom. The summed E-state index contributed by atoms with van der Waals surface area (Å²) in [6.45, 7) is 1.81. The summed E-state index contributed by atoms with van der Waals surface area (Å²) < 4.78 is 10.4. The first-order valence-corrected chi connectivity index (χ1v) is 4.25. The Hall–Kier alpha value is -0.320. The summed E-state index contributed by atoms with van der Waals surface area (Å²) in [5, 5.41) is 8.13. The van der Waals surface area contributed by atoms with Crippen molar-refractivity contribution in [1.82, 2.24) is 0 Å². The Bertz CT molecular complexity index is 140. The minimum atomic E-state index is -2.46. The van der Waals surface area contributed by atoms with Crippen LogP contribution in [0.5, 0.6) is 0 Å². The van der Waals surface area contributed by atoms with Gasteiger partial charge in [0.15, 0.2) is 8.03 Å². The Kier molecular flexibility index (Phi) is 4.39. The summed E-state index contributed by atoms with van der Waals surface area (Å²) in [6.07, 6.45) is 0.812. The van der Waals surface area contributed by atoms with Crippen LogP contribution >= 0.6 is 8.03 Å². The molecule has 0 aromatic rings. The van der Waals surface area contributed by atoms with Gasteiger partial charge in [-0.05, 0) is 6.42 Å². The minimum Gasteiger partial charge on any atom is -0.346 e. The molecular weight excluding hydrogens is 137 g/mol. The largest absolute Gasteiger partial charge is 0.346 e. The highest BCUT2D eigenvalue weighted by atomic mass is 31.1. The summed E-state index contributed by atoms with van der Waals surface area (Å²) in [4.78, 5) is 8.54. The maximum absolute atomic E-state index is 10.4. The zero-order valence-corrected chi connectivity index (χ0v) is 6.29. The topological polar surface area (TPSA) is 61.1 Å². The highest BCUT2D eigenvalue weighted by molar-refractivity contribution is 7.38. The van der Waals surface area contributed by atoms with Crippen molar-refractivity contribution in [2.75, 3.05) is 0 Å². The van der Waals surface area contributed by atoms with E-state index >= 15 is 0 Å². The lowest BCUT2D eigenvalue weighted by Crippen LogP contribution is -1.97. The molecule has 4 heteroatoms. The summed E-state index contributed by atoms with van der Waals surface area (Å²) >= 11 is 0. The molecule has 0 saturated heterocycles. The summed E-state index contributed by atoms with van der Waals surface area (Å²) in [5.41, 5.74) is -0.292. The first kappa shape index (κ1) is 8.68. The molecule has 0 spiro atoms. The minimum absolute atomic E-state index is 0.199. The van der Waals surface area contributed by atoms with E-state index in [-0.39, 0.29) is 12.1 Å². The fraction of sp³-hybridized carbons (Fsp3) is 0.800. The highest BCUT2D eigenvalue weighted by Crippen LogP contribution is 2.27. The van der Waals surface area contributed by atoms with E-state index in [0.717, 1.165) is 0 Å². The lowest BCUT2D eigenvalue weighted by atomic mass is 10.3. The van der Waals surface area contributed by atoms with Crippen LogP contribution in [0.4, 0.5) is 0 Å². The molecule has 0 fully saturated rings. The summed E-state index contributed by atoms with van der Waals surface area (Å²) in [7, 11) is -2.46. The van der Waals surface area contributed by atoms with E-state index in [9.17, 15) is 4.57 Å². The molecule has 9 heavy (non-hydrogen) atoms. The van der Waals surface area contributed by atoms with Crippen molar-refractivity contribution in [2.45, 2.75) is 25.4 Å². The van der Waals surface area contributed by atoms with Gasteiger partial charge in [0.1, 0.15) is 0 Å². The maximum Gasteiger partial charge on any atom is 0.193 e. The number of nitriles is 1. The first-order chi connectivity index (χ1) is 4.22. The molecule has 0 rings (SSSR count). The second kappa shape index (κ2) is 4.55. The third kappa shape index (κ3) is 3.29. The average Bonchev–Trinajstić information content (AvgIpc) is 1.82. The monoisotopic (exact) mass is 147 g/mol. The second-order valence-electron chi connectivity index (χ2n) is 1.81. The molecule has 0 aromatic carbocycles. The van der Waals surface area contributed by atoms with Crippen LogP contribution in [-0.2, 0) is 4.57 Å². The fourth-order valence-corrected chi connectivity index (χ4v) is 1.13. The number of hydrogen-bond acceptors (Lipinski definition) is 2. The van der Waals surface area contributed by atoms with Crippen LogP contribution in [0.1, 0.15) is 19.8 Å². The van der Waals surface area contributed by atoms with Crippen molar-refractivity contribution in [3.63, 3.8) is 0 Å². The zero-order chi connectivity index (χ0) is 7.28. The van der Waals surface area contributed by atoms with E-state index in [2.05, 4.69) is 0 Å². The van der Waals surface area contributed by atoms with Gasteiger partial charge in [0.05, 0.1) is 6.07 Å². The second-order valence-corrected chi connectivity index (χ2v) is 3.30. The SMILES string of the molecule is CCC(CC#N)[PH](=O)O. The Labute approximate surface area is 55.2 Å². The van der Waals surface area contributed by atoms with Gasteiger partial charge in [0, 0.05) is 12.1 Å². The molecule has 0 aliphatic carbocycles. The van der Waals surface area contributed by atoms with Crippen molar-refractivity contribution in [2.24, 2.45) is 0 Å². The van der Waals surface area contributed by atoms with Gasteiger partial charge < -0.3 is 4.89 Å². The number of nitrogens with zero attached hydrogens (tertiary/aromatic N) is 1. The fourth-order valence-electron chi connectivity index (χ4n) is 0.516. The van der Waals surface area contributed by atoms with Gasteiger partial charge >= 0.3 is 0 Å². The summed E-state index contributed by atoms with van der Waals surface area (Å²) in [5.74, 6) is 0. The van der Waals surface area contributed by atoms with Crippen LogP contribution in [0.25, 0.3) is 0 Å². The smallest absolute Gasteiger partial charge is 0.193 e. The highest BCUT2D eigenvalue weighted by Gasteiger charge is 2.09. The predicted molar refractivity (Wildman–Crippen MR) is 35.5 cm³/mol. The lowest BCUT2D eigenvalue weighted by Gasteiger charge is -2.03. The molecule has 52 valence electrons. The van der Waals surface area contributed by atoms with E-state index in [4.69, 9.17) is 10.2 Å². The van der Waals surface area contributed by atoms with Gasteiger partial charge in [-0.3, -0.25) is 4.57 Å². The van der Waals surface area contributed by atoms with Crippen molar-refractivity contribution in [1.29, 1.82) is 5.26 Å². The molecule has 0 saturated carbocycles. The standard InChI is InChI=1S/C5H10NO2P/c1-2-5(3-4-6)9(7)8/h5,9H,2-3H2,1H3,(H,7,8). The van der Waals surface area contributed by atoms with Crippen LogP contribution in [0.2, 0.25) is 0 Å². The van der Waals surface area contributed by atoms with E-state index in [0.29, 0.717) is 6.42 Å². The van der Waals surface area contributed by atoms with Crippen molar-refractivity contribution >= 4 is 8.03 Å². The van der Waals surface area contributed by atoms with Crippen LogP contribution in [0.3, 0.4) is 0 Å². The molecule has 2 atom stereocenters. The molecule has 2 unspecified atom stereocenters. The third-order valence-corrected chi connectivity index (χ3v) is 2.49. The molecule has 0 amide bonds. The molecule has 0 bridgehead atoms. The molecule has 3 nitrogen and oxygen atoms in total. The molecule has 0 heterocycles.